The van der Waals surface area contributed by atoms with E-state index in [1.807, 2.05) is 13.0 Å². The summed E-state index contributed by atoms with van der Waals surface area (Å²) in [5.41, 5.74) is 7.25. The normalized spacial score (nSPS) is 10.3. The van der Waals surface area contributed by atoms with E-state index in [-0.39, 0.29) is 0 Å². The predicted octanol–water partition coefficient (Wildman–Crippen LogP) is 3.90. The van der Waals surface area contributed by atoms with E-state index in [0.717, 1.165) is 16.9 Å². The van der Waals surface area contributed by atoms with Crippen molar-refractivity contribution in [3.8, 4) is 5.75 Å². The van der Waals surface area contributed by atoms with Gasteiger partial charge in [0.25, 0.3) is 11.8 Å². The van der Waals surface area contributed by atoms with Gasteiger partial charge in [-0.05, 0) is 54.4 Å². The zero-order valence-corrected chi connectivity index (χ0v) is 15.2. The van der Waals surface area contributed by atoms with Crippen LogP contribution in [0.1, 0.15) is 31.8 Å². The summed E-state index contributed by atoms with van der Waals surface area (Å²) in [6.07, 6.45) is 2.67. The highest BCUT2D eigenvalue weighted by Gasteiger charge is 2.10. The van der Waals surface area contributed by atoms with Gasteiger partial charge in [-0.1, -0.05) is 23.7 Å². The van der Waals surface area contributed by atoms with Crippen LogP contribution in [-0.2, 0) is 6.61 Å². The Hall–Kier alpha value is -3.25. The van der Waals surface area contributed by atoms with Gasteiger partial charge in [0, 0.05) is 10.6 Å². The lowest BCUT2D eigenvalue weighted by atomic mass is 10.1. The monoisotopic (exact) mass is 384 g/mol. The molecule has 2 amide bonds. The molecule has 138 valence electrons. The van der Waals surface area contributed by atoms with E-state index in [1.165, 1.54) is 18.6 Å². The molecular formula is C20H17ClN2O4. The number of furan rings is 1. The first-order chi connectivity index (χ1) is 13.0. The minimum atomic E-state index is -0.458. The molecule has 27 heavy (non-hydrogen) atoms. The van der Waals surface area contributed by atoms with Crippen molar-refractivity contribution in [3.63, 3.8) is 0 Å². The van der Waals surface area contributed by atoms with Crippen LogP contribution >= 0.6 is 11.6 Å². The number of hydrazine groups is 1. The second-order valence-electron chi connectivity index (χ2n) is 5.82. The molecule has 3 rings (SSSR count). The standard InChI is InChI=1S/C20H17ClN2O4/c1-13-10-17(6-7-18(13)21)27-11-14-2-4-15(5-3-14)19(24)22-23-20(25)16-8-9-26-12-16/h2-10,12H,11H2,1H3,(H,22,24)(H,23,25). The van der Waals surface area contributed by atoms with E-state index >= 15 is 0 Å². The van der Waals surface area contributed by atoms with Gasteiger partial charge in [-0.25, -0.2) is 0 Å². The number of nitrogens with one attached hydrogen (secondary N) is 2. The number of rotatable bonds is 5. The van der Waals surface area contributed by atoms with Gasteiger partial charge in [0.1, 0.15) is 18.6 Å². The number of halogens is 1. The number of carbonyl (C=O) groups is 2. The maximum atomic E-state index is 12.1. The summed E-state index contributed by atoms with van der Waals surface area (Å²) in [6, 6.07) is 13.9. The molecule has 0 fully saturated rings. The van der Waals surface area contributed by atoms with Crippen LogP contribution in [0.5, 0.6) is 5.75 Å². The summed E-state index contributed by atoms with van der Waals surface area (Å²) in [4.78, 5) is 23.8. The van der Waals surface area contributed by atoms with Crippen molar-refractivity contribution in [2.45, 2.75) is 13.5 Å². The molecule has 0 radical (unpaired) electrons. The lowest BCUT2D eigenvalue weighted by Crippen LogP contribution is -2.41. The molecule has 0 aliphatic rings. The van der Waals surface area contributed by atoms with Gasteiger partial charge in [-0.2, -0.15) is 0 Å². The largest absolute Gasteiger partial charge is 0.489 e. The molecule has 1 aromatic heterocycles. The Bertz CT molecular complexity index is 937. The molecule has 1 heterocycles. The van der Waals surface area contributed by atoms with Crippen molar-refractivity contribution in [1.82, 2.24) is 10.9 Å². The molecule has 0 spiro atoms. The summed E-state index contributed by atoms with van der Waals surface area (Å²) < 4.78 is 10.5. The van der Waals surface area contributed by atoms with Crippen LogP contribution in [0.3, 0.4) is 0 Å². The number of amides is 2. The molecular weight excluding hydrogens is 368 g/mol. The fraction of sp³-hybridized carbons (Fsp3) is 0.100. The van der Waals surface area contributed by atoms with E-state index in [4.69, 9.17) is 20.8 Å². The number of ether oxygens (including phenoxy) is 1. The molecule has 3 aromatic rings. The molecule has 0 saturated heterocycles. The number of benzene rings is 2. The van der Waals surface area contributed by atoms with Gasteiger partial charge in [0.15, 0.2) is 0 Å². The van der Waals surface area contributed by atoms with Crippen molar-refractivity contribution in [2.24, 2.45) is 0 Å². The van der Waals surface area contributed by atoms with Crippen LogP contribution in [0.15, 0.2) is 65.5 Å². The van der Waals surface area contributed by atoms with Crippen molar-refractivity contribution in [1.29, 1.82) is 0 Å². The third-order valence-corrected chi connectivity index (χ3v) is 4.25. The van der Waals surface area contributed by atoms with Crippen molar-refractivity contribution in [3.05, 3.63) is 88.3 Å². The smallest absolute Gasteiger partial charge is 0.272 e. The Morgan fingerprint density at radius 2 is 1.70 bits per heavy atom. The zero-order valence-electron chi connectivity index (χ0n) is 14.5. The van der Waals surface area contributed by atoms with Gasteiger partial charge >= 0.3 is 0 Å². The summed E-state index contributed by atoms with van der Waals surface area (Å²) >= 11 is 5.99. The molecule has 0 aliphatic heterocycles. The molecule has 0 unspecified atom stereocenters. The highest BCUT2D eigenvalue weighted by atomic mass is 35.5. The van der Waals surface area contributed by atoms with Crippen molar-refractivity contribution < 1.29 is 18.7 Å². The van der Waals surface area contributed by atoms with Crippen LogP contribution in [-0.4, -0.2) is 11.8 Å². The van der Waals surface area contributed by atoms with Crippen molar-refractivity contribution in [2.75, 3.05) is 0 Å². The second kappa shape index (κ2) is 8.42. The SMILES string of the molecule is Cc1cc(OCc2ccc(C(=O)NNC(=O)c3ccoc3)cc2)ccc1Cl. The zero-order chi connectivity index (χ0) is 19.2. The van der Waals surface area contributed by atoms with E-state index < -0.39 is 11.8 Å². The summed E-state index contributed by atoms with van der Waals surface area (Å²) in [5, 5.41) is 0.692. The highest BCUT2D eigenvalue weighted by Crippen LogP contribution is 2.21. The number of hydrogen-bond donors (Lipinski definition) is 2. The number of aryl methyl sites for hydroxylation is 1. The molecule has 6 nitrogen and oxygen atoms in total. The van der Waals surface area contributed by atoms with Gasteiger partial charge in [0.05, 0.1) is 11.8 Å². The first-order valence-electron chi connectivity index (χ1n) is 8.14. The van der Waals surface area contributed by atoms with E-state index in [0.29, 0.717) is 22.8 Å². The fourth-order valence-corrected chi connectivity index (χ4v) is 2.40. The second-order valence-corrected chi connectivity index (χ2v) is 6.22. The Labute approximate surface area is 161 Å². The Kier molecular flexibility index (Phi) is 5.78. The molecule has 2 N–H and O–H groups in total. The molecule has 0 atom stereocenters. The maximum Gasteiger partial charge on any atom is 0.272 e. The fourth-order valence-electron chi connectivity index (χ4n) is 2.28. The minimum Gasteiger partial charge on any atom is -0.489 e. The molecule has 7 heteroatoms. The predicted molar refractivity (Wildman–Crippen MR) is 101 cm³/mol. The number of hydrogen-bond acceptors (Lipinski definition) is 4. The van der Waals surface area contributed by atoms with E-state index in [2.05, 4.69) is 10.9 Å². The highest BCUT2D eigenvalue weighted by molar-refractivity contribution is 6.31. The first-order valence-corrected chi connectivity index (χ1v) is 8.51. The molecule has 2 aromatic carbocycles. The lowest BCUT2D eigenvalue weighted by Gasteiger charge is -2.09. The first kappa shape index (κ1) is 18.5. The quantitative estimate of drug-likeness (QED) is 0.654. The average molecular weight is 385 g/mol. The van der Waals surface area contributed by atoms with Gasteiger partial charge in [-0.3, -0.25) is 20.4 Å². The van der Waals surface area contributed by atoms with Crippen LogP contribution in [0.4, 0.5) is 0 Å². The molecule has 0 bridgehead atoms. The topological polar surface area (TPSA) is 80.6 Å². The van der Waals surface area contributed by atoms with E-state index in [9.17, 15) is 9.59 Å². The van der Waals surface area contributed by atoms with Crippen LogP contribution in [0.2, 0.25) is 5.02 Å². The van der Waals surface area contributed by atoms with Crippen LogP contribution in [0.25, 0.3) is 0 Å². The molecule has 0 saturated carbocycles. The van der Waals surface area contributed by atoms with Gasteiger partial charge in [-0.15, -0.1) is 0 Å². The van der Waals surface area contributed by atoms with Gasteiger partial charge < -0.3 is 9.15 Å². The molecule has 0 aliphatic carbocycles. The number of carbonyl (C=O) groups excluding carboxylic acids is 2. The Morgan fingerprint density at radius 1 is 1.00 bits per heavy atom. The summed E-state index contributed by atoms with van der Waals surface area (Å²) in [6.45, 7) is 2.27. The van der Waals surface area contributed by atoms with Crippen LogP contribution in [0, 0.1) is 6.92 Å². The summed E-state index contributed by atoms with van der Waals surface area (Å²) in [5.74, 6) is -0.159. The maximum absolute atomic E-state index is 12.1. The van der Waals surface area contributed by atoms with Crippen LogP contribution < -0.4 is 15.6 Å². The van der Waals surface area contributed by atoms with Gasteiger partial charge in [0.2, 0.25) is 0 Å². The van der Waals surface area contributed by atoms with Crippen molar-refractivity contribution >= 4 is 23.4 Å². The Balaban J connectivity index is 1.52. The third-order valence-electron chi connectivity index (χ3n) is 3.82. The lowest BCUT2D eigenvalue weighted by molar-refractivity contribution is 0.0846. The van der Waals surface area contributed by atoms with E-state index in [1.54, 1.807) is 36.4 Å². The average Bonchev–Trinajstić information content (AvgIpc) is 3.22. The third kappa shape index (κ3) is 4.89. The minimum absolute atomic E-state index is 0.320. The summed E-state index contributed by atoms with van der Waals surface area (Å²) in [7, 11) is 0. The Morgan fingerprint density at radius 3 is 2.33 bits per heavy atom.